The average molecular weight is 561 g/mol. The second-order valence-corrected chi connectivity index (χ2v) is 12.8. The minimum absolute atomic E-state index is 0.192. The van der Waals surface area contributed by atoms with Gasteiger partial charge in [-0.05, 0) is 79.4 Å². The van der Waals surface area contributed by atoms with Crippen molar-refractivity contribution in [1.82, 2.24) is 9.21 Å². The highest BCUT2D eigenvalue weighted by Crippen LogP contribution is 2.38. The summed E-state index contributed by atoms with van der Waals surface area (Å²) in [5.74, 6) is -0.222. The summed E-state index contributed by atoms with van der Waals surface area (Å²) in [5, 5.41) is 2.67. The SMILES string of the molecule is COCCCN(CC(=O)N1CCc2sccc2[C@@H]1c1ccc(Cl)cc1)S(=O)(=O)c1c(C)cc(C)cc1C. The van der Waals surface area contributed by atoms with Crippen LogP contribution in [0.25, 0.3) is 0 Å². The third-order valence-electron chi connectivity index (χ3n) is 6.74. The molecule has 3 aromatic rings. The number of thiophene rings is 1. The van der Waals surface area contributed by atoms with Gasteiger partial charge in [0.05, 0.1) is 17.5 Å². The number of sulfonamides is 1. The molecule has 2 aromatic carbocycles. The molecule has 1 aliphatic rings. The first kappa shape index (κ1) is 27.8. The molecule has 0 saturated carbocycles. The van der Waals surface area contributed by atoms with E-state index in [9.17, 15) is 13.2 Å². The Hall–Kier alpha value is -2.23. The largest absolute Gasteiger partial charge is 0.385 e. The number of nitrogens with zero attached hydrogens (tertiary/aromatic N) is 2. The number of rotatable bonds is 9. The summed E-state index contributed by atoms with van der Waals surface area (Å²) in [5.41, 5.74) is 4.41. The summed E-state index contributed by atoms with van der Waals surface area (Å²) in [6.45, 7) is 6.45. The number of ether oxygens (including phenoxy) is 1. The molecular formula is C28H33ClN2O4S2. The molecule has 1 aliphatic heterocycles. The minimum Gasteiger partial charge on any atom is -0.385 e. The number of hydrogen-bond acceptors (Lipinski definition) is 5. The molecule has 0 aliphatic carbocycles. The molecule has 0 bridgehead atoms. The predicted molar refractivity (Wildman–Crippen MR) is 149 cm³/mol. The minimum atomic E-state index is -3.92. The normalized spacial score (nSPS) is 15.7. The molecule has 0 fully saturated rings. The third-order valence-corrected chi connectivity index (χ3v) is 10.1. The van der Waals surface area contributed by atoms with E-state index < -0.39 is 10.0 Å². The van der Waals surface area contributed by atoms with Crippen LogP contribution in [0.3, 0.4) is 0 Å². The van der Waals surface area contributed by atoms with Crippen LogP contribution in [-0.2, 0) is 26.0 Å². The summed E-state index contributed by atoms with van der Waals surface area (Å²) in [6, 6.07) is 13.0. The molecule has 0 unspecified atom stereocenters. The van der Waals surface area contributed by atoms with Crippen molar-refractivity contribution >= 4 is 38.9 Å². The number of hydrogen-bond donors (Lipinski definition) is 0. The molecule has 198 valence electrons. The van der Waals surface area contributed by atoms with Gasteiger partial charge < -0.3 is 9.64 Å². The van der Waals surface area contributed by atoms with Gasteiger partial charge in [-0.3, -0.25) is 4.79 Å². The number of methoxy groups -OCH3 is 1. The lowest BCUT2D eigenvalue weighted by molar-refractivity contribution is -0.133. The Labute approximate surface area is 228 Å². The van der Waals surface area contributed by atoms with Gasteiger partial charge in [-0.1, -0.05) is 41.4 Å². The van der Waals surface area contributed by atoms with Gasteiger partial charge in [0.2, 0.25) is 15.9 Å². The van der Waals surface area contributed by atoms with Gasteiger partial charge in [0.25, 0.3) is 0 Å². The summed E-state index contributed by atoms with van der Waals surface area (Å²) in [4.78, 5) is 17.2. The first-order chi connectivity index (χ1) is 17.6. The second kappa shape index (κ2) is 11.7. The molecule has 0 radical (unpaired) electrons. The molecule has 1 atom stereocenters. The zero-order valence-electron chi connectivity index (χ0n) is 21.7. The van der Waals surface area contributed by atoms with Crippen molar-refractivity contribution in [3.63, 3.8) is 0 Å². The number of carbonyl (C=O) groups is 1. The number of carbonyl (C=O) groups excluding carboxylic acids is 1. The Morgan fingerprint density at radius 3 is 2.46 bits per heavy atom. The van der Waals surface area contributed by atoms with Crippen molar-refractivity contribution in [2.45, 2.75) is 44.6 Å². The lowest BCUT2D eigenvalue weighted by Gasteiger charge is -2.37. The van der Waals surface area contributed by atoms with E-state index >= 15 is 0 Å². The van der Waals surface area contributed by atoms with E-state index in [1.165, 1.54) is 9.18 Å². The van der Waals surface area contributed by atoms with Gasteiger partial charge in [0.15, 0.2) is 0 Å². The molecule has 1 amide bonds. The molecule has 4 rings (SSSR count). The number of fused-ring (bicyclic) bond motifs is 1. The second-order valence-electron chi connectivity index (χ2n) is 9.50. The fourth-order valence-corrected chi connectivity index (χ4v) is 8.07. The Balaban J connectivity index is 1.68. The number of benzene rings is 2. The number of halogens is 1. The third kappa shape index (κ3) is 5.94. The van der Waals surface area contributed by atoms with Crippen LogP contribution >= 0.6 is 22.9 Å². The van der Waals surface area contributed by atoms with E-state index in [4.69, 9.17) is 16.3 Å². The first-order valence-electron chi connectivity index (χ1n) is 12.3. The molecule has 2 heterocycles. The van der Waals surface area contributed by atoms with Crippen LogP contribution in [0.4, 0.5) is 0 Å². The van der Waals surface area contributed by atoms with Gasteiger partial charge in [0, 0.05) is 36.7 Å². The maximum atomic E-state index is 13.9. The van der Waals surface area contributed by atoms with Crippen LogP contribution in [0.1, 0.15) is 45.2 Å². The van der Waals surface area contributed by atoms with Crippen LogP contribution in [-0.4, -0.2) is 56.9 Å². The van der Waals surface area contributed by atoms with Crippen LogP contribution < -0.4 is 0 Å². The van der Waals surface area contributed by atoms with E-state index in [1.54, 1.807) is 32.3 Å². The maximum absolute atomic E-state index is 13.9. The van der Waals surface area contributed by atoms with E-state index in [-0.39, 0.29) is 29.9 Å². The fourth-order valence-electron chi connectivity index (χ4n) is 5.20. The predicted octanol–water partition coefficient (Wildman–Crippen LogP) is 5.53. The number of amides is 1. The van der Waals surface area contributed by atoms with Crippen LogP contribution in [0.5, 0.6) is 0 Å². The van der Waals surface area contributed by atoms with Gasteiger partial charge in [0.1, 0.15) is 0 Å². The van der Waals surface area contributed by atoms with Gasteiger partial charge in [-0.2, -0.15) is 4.31 Å². The van der Waals surface area contributed by atoms with Crippen molar-refractivity contribution < 1.29 is 17.9 Å². The van der Waals surface area contributed by atoms with Crippen molar-refractivity contribution in [3.05, 3.63) is 85.6 Å². The van der Waals surface area contributed by atoms with Crippen LogP contribution in [0.15, 0.2) is 52.7 Å². The van der Waals surface area contributed by atoms with Gasteiger partial charge in [-0.25, -0.2) is 8.42 Å². The van der Waals surface area contributed by atoms with E-state index in [0.717, 1.165) is 23.1 Å². The zero-order valence-corrected chi connectivity index (χ0v) is 24.0. The Morgan fingerprint density at radius 1 is 1.14 bits per heavy atom. The van der Waals surface area contributed by atoms with Gasteiger partial charge in [-0.15, -0.1) is 11.3 Å². The van der Waals surface area contributed by atoms with Crippen molar-refractivity contribution in [3.8, 4) is 0 Å². The topological polar surface area (TPSA) is 66.9 Å². The van der Waals surface area contributed by atoms with E-state index in [2.05, 4.69) is 6.07 Å². The standard InChI is InChI=1S/C28H33ClN2O4S2/c1-19-16-20(2)28(21(3)17-19)37(33,34)30(12-5-14-35-4)18-26(32)31-13-10-25-24(11-15-36-25)27(31)22-6-8-23(29)9-7-22/h6-9,11,15-17,27H,5,10,12-14,18H2,1-4H3/t27-/m0/s1. The van der Waals surface area contributed by atoms with Crippen LogP contribution in [0.2, 0.25) is 5.02 Å². The van der Waals surface area contributed by atoms with Gasteiger partial charge >= 0.3 is 0 Å². The molecule has 1 aromatic heterocycles. The van der Waals surface area contributed by atoms with Crippen LogP contribution in [0, 0.1) is 20.8 Å². The van der Waals surface area contributed by atoms with Crippen molar-refractivity contribution in [2.75, 3.05) is 33.4 Å². The van der Waals surface area contributed by atoms with E-state index in [1.807, 2.05) is 53.6 Å². The zero-order chi connectivity index (χ0) is 26.7. The number of aryl methyl sites for hydroxylation is 3. The lowest BCUT2D eigenvalue weighted by Crippen LogP contribution is -2.47. The Bertz CT molecular complexity index is 1350. The first-order valence-corrected chi connectivity index (χ1v) is 15.0. The summed E-state index contributed by atoms with van der Waals surface area (Å²) >= 11 is 7.83. The summed E-state index contributed by atoms with van der Waals surface area (Å²) in [6.07, 6.45) is 1.23. The molecule has 6 nitrogen and oxygen atoms in total. The molecule has 0 N–H and O–H groups in total. The Kier molecular flexibility index (Phi) is 8.76. The summed E-state index contributed by atoms with van der Waals surface area (Å²) < 4.78 is 34.4. The smallest absolute Gasteiger partial charge is 0.244 e. The summed E-state index contributed by atoms with van der Waals surface area (Å²) in [7, 11) is -2.33. The Morgan fingerprint density at radius 2 is 1.81 bits per heavy atom. The lowest BCUT2D eigenvalue weighted by atomic mass is 9.93. The molecular weight excluding hydrogens is 528 g/mol. The molecule has 0 saturated heterocycles. The molecule has 9 heteroatoms. The molecule has 37 heavy (non-hydrogen) atoms. The van der Waals surface area contributed by atoms with Crippen molar-refractivity contribution in [2.24, 2.45) is 0 Å². The fraction of sp³-hybridized carbons (Fsp3) is 0.393. The molecule has 0 spiro atoms. The van der Waals surface area contributed by atoms with Crippen molar-refractivity contribution in [1.29, 1.82) is 0 Å². The van der Waals surface area contributed by atoms with E-state index in [0.29, 0.717) is 35.7 Å². The highest BCUT2D eigenvalue weighted by molar-refractivity contribution is 7.89. The highest BCUT2D eigenvalue weighted by atomic mass is 35.5. The average Bonchev–Trinajstić information content (AvgIpc) is 3.31. The maximum Gasteiger partial charge on any atom is 0.244 e. The monoisotopic (exact) mass is 560 g/mol. The highest BCUT2D eigenvalue weighted by Gasteiger charge is 2.36. The quantitative estimate of drug-likeness (QED) is 0.323.